The number of nitrogens with zero attached hydrogens (tertiary/aromatic N) is 5. The summed E-state index contributed by atoms with van der Waals surface area (Å²) in [5.74, 6) is 1.00. The average molecular weight is 380 g/mol. The first-order valence-corrected chi connectivity index (χ1v) is 9.61. The van der Waals surface area contributed by atoms with Gasteiger partial charge in [-0.25, -0.2) is 15.0 Å². The summed E-state index contributed by atoms with van der Waals surface area (Å²) in [6.45, 7) is 7.91. The number of pyridine rings is 1. The summed E-state index contributed by atoms with van der Waals surface area (Å²) in [4.78, 5) is 43.1. The average Bonchev–Trinajstić information content (AvgIpc) is 2.90. The third-order valence-electron chi connectivity index (χ3n) is 5.02. The van der Waals surface area contributed by atoms with Gasteiger partial charge in [0.05, 0.1) is 17.6 Å². The molecule has 8 heteroatoms. The Morgan fingerprint density at radius 3 is 2.82 bits per heavy atom. The number of fused-ring (bicyclic) bond motifs is 2. The summed E-state index contributed by atoms with van der Waals surface area (Å²) >= 11 is 0. The van der Waals surface area contributed by atoms with Crippen molar-refractivity contribution in [2.75, 3.05) is 13.1 Å². The first kappa shape index (κ1) is 18.3. The van der Waals surface area contributed by atoms with Crippen molar-refractivity contribution in [1.29, 1.82) is 0 Å². The number of hydrogen-bond donors (Lipinski definition) is 1. The van der Waals surface area contributed by atoms with Crippen LogP contribution < -0.4 is 5.56 Å². The fourth-order valence-electron chi connectivity index (χ4n) is 3.71. The molecule has 1 amide bonds. The number of aromatic nitrogens is 5. The zero-order valence-electron chi connectivity index (χ0n) is 16.4. The molecule has 8 nitrogen and oxygen atoms in total. The Balaban J connectivity index is 1.56. The van der Waals surface area contributed by atoms with E-state index in [9.17, 15) is 9.59 Å². The van der Waals surface area contributed by atoms with Gasteiger partial charge in [-0.3, -0.25) is 9.59 Å². The number of rotatable bonds is 3. The van der Waals surface area contributed by atoms with E-state index in [0.717, 1.165) is 23.4 Å². The van der Waals surface area contributed by atoms with Crippen LogP contribution in [-0.2, 0) is 19.4 Å². The van der Waals surface area contributed by atoms with Crippen molar-refractivity contribution < 1.29 is 4.79 Å². The lowest BCUT2D eigenvalue weighted by molar-refractivity contribution is 0.0762. The Hall–Kier alpha value is -3.03. The lowest BCUT2D eigenvalue weighted by atomic mass is 10.1. The Morgan fingerprint density at radius 2 is 2.04 bits per heavy atom. The minimum atomic E-state index is -0.101. The molecule has 0 saturated heterocycles. The molecule has 28 heavy (non-hydrogen) atoms. The van der Waals surface area contributed by atoms with Crippen molar-refractivity contribution >= 4 is 17.1 Å². The van der Waals surface area contributed by atoms with Gasteiger partial charge in [-0.15, -0.1) is 0 Å². The third kappa shape index (κ3) is 3.42. The Morgan fingerprint density at radius 1 is 1.25 bits per heavy atom. The van der Waals surface area contributed by atoms with Crippen molar-refractivity contribution in [3.8, 4) is 0 Å². The normalized spacial score (nSPS) is 14.4. The molecule has 0 unspecified atom stereocenters. The van der Waals surface area contributed by atoms with Crippen LogP contribution >= 0.6 is 0 Å². The van der Waals surface area contributed by atoms with Crippen molar-refractivity contribution in [3.05, 3.63) is 51.6 Å². The van der Waals surface area contributed by atoms with Gasteiger partial charge in [-0.1, -0.05) is 13.8 Å². The molecular formula is C20H24N6O2. The quantitative estimate of drug-likeness (QED) is 0.746. The maximum atomic E-state index is 13.0. The molecule has 0 fully saturated rings. The van der Waals surface area contributed by atoms with Crippen LogP contribution in [0.1, 0.15) is 41.3 Å². The van der Waals surface area contributed by atoms with Gasteiger partial charge in [0.1, 0.15) is 11.3 Å². The molecule has 3 aromatic rings. The highest BCUT2D eigenvalue weighted by atomic mass is 16.2. The fraction of sp³-hybridized carbons (Fsp3) is 0.450. The van der Waals surface area contributed by atoms with Crippen LogP contribution in [0.25, 0.3) is 11.2 Å². The van der Waals surface area contributed by atoms with Crippen LogP contribution in [0.4, 0.5) is 0 Å². The molecule has 4 rings (SSSR count). The monoisotopic (exact) mass is 380 g/mol. The van der Waals surface area contributed by atoms with E-state index in [2.05, 4.69) is 33.8 Å². The molecule has 0 saturated carbocycles. The Kier molecular flexibility index (Phi) is 4.70. The zero-order chi connectivity index (χ0) is 19.8. The topological polar surface area (TPSA) is 96.8 Å². The number of aryl methyl sites for hydroxylation is 1. The van der Waals surface area contributed by atoms with Gasteiger partial charge in [0.2, 0.25) is 0 Å². The van der Waals surface area contributed by atoms with Gasteiger partial charge in [-0.2, -0.15) is 0 Å². The van der Waals surface area contributed by atoms with Crippen LogP contribution in [-0.4, -0.2) is 48.4 Å². The highest BCUT2D eigenvalue weighted by Crippen LogP contribution is 2.17. The van der Waals surface area contributed by atoms with Gasteiger partial charge in [-0.05, 0) is 25.3 Å². The molecule has 3 aromatic heterocycles. The molecule has 4 heterocycles. The van der Waals surface area contributed by atoms with E-state index in [1.807, 2.05) is 4.57 Å². The third-order valence-corrected chi connectivity index (χ3v) is 5.02. The number of carbonyl (C=O) groups is 1. The zero-order valence-corrected chi connectivity index (χ0v) is 16.4. The summed E-state index contributed by atoms with van der Waals surface area (Å²) in [7, 11) is 0. The second-order valence-corrected chi connectivity index (χ2v) is 7.73. The van der Waals surface area contributed by atoms with Crippen LogP contribution in [0.3, 0.4) is 0 Å². The highest BCUT2D eigenvalue weighted by Gasteiger charge is 2.23. The largest absolute Gasteiger partial charge is 0.338 e. The standard InChI is InChI=1S/C20H24N6O2/c1-12(2)10-26-11-22-17-8-14(9-21-18(17)26)20(28)25-6-4-15-16(5-7-25)23-13(3)24-19(15)27/h8-9,11-12H,4-7,10H2,1-3H3,(H,23,24,27). The Labute approximate surface area is 162 Å². The molecule has 1 N–H and O–H groups in total. The smallest absolute Gasteiger partial charge is 0.255 e. The first-order chi connectivity index (χ1) is 13.4. The minimum Gasteiger partial charge on any atom is -0.338 e. The van der Waals surface area contributed by atoms with E-state index < -0.39 is 0 Å². The maximum absolute atomic E-state index is 13.0. The molecule has 0 bridgehead atoms. The van der Waals surface area contributed by atoms with Crippen molar-refractivity contribution in [2.45, 2.75) is 40.2 Å². The van der Waals surface area contributed by atoms with Gasteiger partial charge >= 0.3 is 0 Å². The minimum absolute atomic E-state index is 0.0891. The van der Waals surface area contributed by atoms with Crippen LogP contribution in [0.15, 0.2) is 23.4 Å². The summed E-state index contributed by atoms with van der Waals surface area (Å²) < 4.78 is 2.01. The maximum Gasteiger partial charge on any atom is 0.255 e. The Bertz CT molecular complexity index is 1100. The fourth-order valence-corrected chi connectivity index (χ4v) is 3.71. The molecule has 146 valence electrons. The lowest BCUT2D eigenvalue weighted by Gasteiger charge is -2.20. The first-order valence-electron chi connectivity index (χ1n) is 9.61. The van der Waals surface area contributed by atoms with Crippen molar-refractivity contribution in [1.82, 2.24) is 29.4 Å². The molecule has 0 spiro atoms. The van der Waals surface area contributed by atoms with Crippen molar-refractivity contribution in [3.63, 3.8) is 0 Å². The highest BCUT2D eigenvalue weighted by molar-refractivity contribution is 5.96. The second kappa shape index (κ2) is 7.18. The number of amides is 1. The summed E-state index contributed by atoms with van der Waals surface area (Å²) in [5.41, 5.74) is 3.40. The van der Waals surface area contributed by atoms with Gasteiger partial charge in [0, 0.05) is 37.8 Å². The number of hydrogen-bond acceptors (Lipinski definition) is 5. The van der Waals surface area contributed by atoms with E-state index in [1.54, 1.807) is 30.4 Å². The van der Waals surface area contributed by atoms with Gasteiger partial charge < -0.3 is 14.5 Å². The summed E-state index contributed by atoms with van der Waals surface area (Å²) in [5, 5.41) is 0. The SMILES string of the molecule is Cc1nc2c(c(=O)[nH]1)CCN(C(=O)c1cnc3c(c1)ncn3CC(C)C)CC2. The molecule has 0 aromatic carbocycles. The molecular weight excluding hydrogens is 356 g/mol. The summed E-state index contributed by atoms with van der Waals surface area (Å²) in [6.07, 6.45) is 4.47. The number of carbonyl (C=O) groups excluding carboxylic acids is 1. The van der Waals surface area contributed by atoms with Crippen LogP contribution in [0.5, 0.6) is 0 Å². The van der Waals surface area contributed by atoms with Crippen LogP contribution in [0.2, 0.25) is 0 Å². The van der Waals surface area contributed by atoms with E-state index >= 15 is 0 Å². The molecule has 1 aliphatic rings. The number of imidazole rings is 1. The number of nitrogens with one attached hydrogen (secondary N) is 1. The predicted molar refractivity (Wildman–Crippen MR) is 105 cm³/mol. The van der Waals surface area contributed by atoms with E-state index in [1.165, 1.54) is 0 Å². The number of H-pyrrole nitrogens is 1. The van der Waals surface area contributed by atoms with Gasteiger partial charge in [0.25, 0.3) is 11.5 Å². The summed E-state index contributed by atoms with van der Waals surface area (Å²) in [6, 6.07) is 1.80. The predicted octanol–water partition coefficient (Wildman–Crippen LogP) is 1.72. The molecule has 0 radical (unpaired) electrons. The lowest BCUT2D eigenvalue weighted by Crippen LogP contribution is -2.33. The number of aromatic amines is 1. The molecule has 0 atom stereocenters. The van der Waals surface area contributed by atoms with Crippen LogP contribution in [0, 0.1) is 12.8 Å². The van der Waals surface area contributed by atoms with E-state index in [4.69, 9.17) is 0 Å². The van der Waals surface area contributed by atoms with E-state index in [-0.39, 0.29) is 11.5 Å². The second-order valence-electron chi connectivity index (χ2n) is 7.73. The molecule has 0 aliphatic carbocycles. The van der Waals surface area contributed by atoms with Crippen molar-refractivity contribution in [2.24, 2.45) is 5.92 Å². The van der Waals surface area contributed by atoms with Gasteiger partial charge in [0.15, 0.2) is 5.65 Å². The molecule has 1 aliphatic heterocycles. The van der Waals surface area contributed by atoms with E-state index in [0.29, 0.717) is 48.8 Å².